The Morgan fingerprint density at radius 2 is 0.987 bits per heavy atom. The molecule has 0 saturated heterocycles. The Bertz CT molecular complexity index is 3870. The van der Waals surface area contributed by atoms with Gasteiger partial charge in [0.2, 0.25) is 0 Å². The van der Waals surface area contributed by atoms with Crippen LogP contribution in [0.25, 0.3) is 38.8 Å². The molecule has 9 aromatic carbocycles. The summed E-state index contributed by atoms with van der Waals surface area (Å²) in [7, 11) is -2.76. The van der Waals surface area contributed by atoms with E-state index in [-0.39, 0.29) is 37.3 Å². The molecule has 0 fully saturated rings. The quantitative estimate of drug-likeness (QED) is 0.0776. The van der Waals surface area contributed by atoms with Gasteiger partial charge in [-0.15, -0.1) is 48.1 Å². The first-order valence-electron chi connectivity index (χ1n) is 27.2. The third kappa shape index (κ3) is 9.96. The minimum atomic E-state index is -2.76. The average Bonchev–Trinajstić information content (AvgIpc) is 4.26. The van der Waals surface area contributed by atoms with Crippen molar-refractivity contribution in [2.45, 2.75) is 78.6 Å². The third-order valence-corrected chi connectivity index (χ3v) is 20.3. The Morgan fingerprint density at radius 3 is 1.59 bits per heavy atom. The van der Waals surface area contributed by atoms with Crippen LogP contribution in [0, 0.1) is 18.8 Å². The molecular formula is C72H65N4OPtSi-3. The minimum Gasteiger partial charge on any atom is -0.509 e. The second-order valence-corrected chi connectivity index (χ2v) is 27.7. The van der Waals surface area contributed by atoms with E-state index in [1.807, 2.05) is 24.4 Å². The Labute approximate surface area is 482 Å². The number of pyridine rings is 1. The summed E-state index contributed by atoms with van der Waals surface area (Å²) in [6, 6.07) is 87.2. The molecule has 79 heavy (non-hydrogen) atoms. The molecule has 5 nitrogen and oxygen atoms in total. The normalized spacial score (nSPS) is 12.9. The first-order valence-corrected chi connectivity index (χ1v) is 29.2. The van der Waals surface area contributed by atoms with Gasteiger partial charge < -0.3 is 19.1 Å². The molecule has 3 heterocycles. The summed E-state index contributed by atoms with van der Waals surface area (Å²) in [5.74, 6) is 2.01. The topological polar surface area (TPSA) is 33.5 Å². The SMILES string of the molecule is CC(C)(C)c1cc(N2[CH-]N(c3[c-]c(Oc4[c-]c5c(cc4)c4cc(-c6cccc([Si](c7ccccc7)(c7ccccc7)c7ccccc7)c6)ccc4n5-c4cc(C(C)(C)C)ccn4)ccc3)c3ccccc32)cc(C(C)(C)C)c1.[Pt]. The molecule has 11 aromatic rings. The predicted molar refractivity (Wildman–Crippen MR) is 329 cm³/mol. The maximum absolute atomic E-state index is 6.81. The molecule has 0 bridgehead atoms. The van der Waals surface area contributed by atoms with Crippen LogP contribution in [0.1, 0.15) is 79.0 Å². The van der Waals surface area contributed by atoms with Gasteiger partial charge in [0.15, 0.2) is 8.07 Å². The van der Waals surface area contributed by atoms with Gasteiger partial charge in [0.1, 0.15) is 5.82 Å². The molecule has 0 aliphatic carbocycles. The smallest absolute Gasteiger partial charge is 0.179 e. The van der Waals surface area contributed by atoms with E-state index in [2.05, 4.69) is 296 Å². The minimum absolute atomic E-state index is 0. The van der Waals surface area contributed by atoms with Crippen LogP contribution in [0.2, 0.25) is 0 Å². The van der Waals surface area contributed by atoms with Crippen LogP contribution in [-0.4, -0.2) is 17.6 Å². The zero-order valence-corrected chi connectivity index (χ0v) is 49.7. The van der Waals surface area contributed by atoms with Gasteiger partial charge in [0.05, 0.1) is 0 Å². The average molecular weight is 1230 g/mol. The summed E-state index contributed by atoms with van der Waals surface area (Å²) in [5, 5.41) is 7.54. The number of benzene rings is 9. The Balaban J connectivity index is 0.00000660. The van der Waals surface area contributed by atoms with E-state index >= 15 is 0 Å². The van der Waals surface area contributed by atoms with Gasteiger partial charge in [0, 0.05) is 61.3 Å². The zero-order chi connectivity index (χ0) is 54.0. The maximum atomic E-state index is 6.81. The van der Waals surface area contributed by atoms with Crippen molar-refractivity contribution in [1.29, 1.82) is 0 Å². The second-order valence-electron chi connectivity index (χ2n) is 23.8. The van der Waals surface area contributed by atoms with Crippen molar-refractivity contribution < 1.29 is 25.8 Å². The van der Waals surface area contributed by atoms with Crippen molar-refractivity contribution in [3.8, 4) is 28.4 Å². The largest absolute Gasteiger partial charge is 0.509 e. The number of rotatable bonds is 10. The molecule has 0 N–H and O–H groups in total. The van der Waals surface area contributed by atoms with Gasteiger partial charge in [-0.25, -0.2) is 4.98 Å². The van der Waals surface area contributed by atoms with Gasteiger partial charge in [0.25, 0.3) is 0 Å². The summed E-state index contributed by atoms with van der Waals surface area (Å²) in [5.41, 5.74) is 12.1. The molecule has 7 heteroatoms. The maximum Gasteiger partial charge on any atom is 0.179 e. The molecule has 0 atom stereocenters. The summed E-state index contributed by atoms with van der Waals surface area (Å²) in [4.78, 5) is 9.56. The van der Waals surface area contributed by atoms with Crippen molar-refractivity contribution in [2.75, 3.05) is 9.80 Å². The Kier molecular flexibility index (Phi) is 14.0. The van der Waals surface area contributed by atoms with Gasteiger partial charge in [-0.05, 0) is 113 Å². The van der Waals surface area contributed by atoms with Crippen LogP contribution in [0.15, 0.2) is 225 Å². The third-order valence-electron chi connectivity index (χ3n) is 15.5. The van der Waals surface area contributed by atoms with Crippen LogP contribution in [-0.2, 0) is 37.3 Å². The van der Waals surface area contributed by atoms with E-state index in [1.165, 1.54) is 37.4 Å². The first-order chi connectivity index (χ1) is 37.5. The van der Waals surface area contributed by atoms with Gasteiger partial charge in [-0.3, -0.25) is 0 Å². The van der Waals surface area contributed by atoms with E-state index in [0.29, 0.717) is 11.5 Å². The standard InChI is InChI=1S/C72H65N4OSi.Pt/c1-70(2,3)52-39-40-73-69(46-52)76-65-38-35-51(50-23-21-32-62(41-50)78(59-26-13-10-14-27-59,60-28-15-11-16-29-60)61-30-17-12-18-31-61)42-64(65)63-37-36-58(48-68(63)76)77-57-25-22-24-55(47-57)74-49-75(67-34-20-19-33-66(67)74)56-44-53(71(4,5)6)43-54(45-56)72(7,8)9;/h10-46,49H,1-9H3;/q-3;. The monoisotopic (exact) mass is 1220 g/mol. The van der Waals surface area contributed by atoms with Crippen LogP contribution >= 0.6 is 0 Å². The molecule has 12 rings (SSSR count). The number of fused-ring (bicyclic) bond motifs is 4. The molecule has 0 unspecified atom stereocenters. The Morgan fingerprint density at radius 1 is 0.443 bits per heavy atom. The van der Waals surface area contributed by atoms with E-state index in [0.717, 1.165) is 61.5 Å². The van der Waals surface area contributed by atoms with Crippen molar-refractivity contribution in [2.24, 2.45) is 0 Å². The summed E-state index contributed by atoms with van der Waals surface area (Å²) < 4.78 is 9.06. The van der Waals surface area contributed by atoms with Gasteiger partial charge >= 0.3 is 0 Å². The number of hydrogen-bond donors (Lipinski definition) is 0. The number of aromatic nitrogens is 2. The summed E-state index contributed by atoms with van der Waals surface area (Å²) in [6.45, 7) is 22.6. The Hall–Kier alpha value is -7.76. The van der Waals surface area contributed by atoms with Crippen molar-refractivity contribution >= 4 is 73.4 Å². The van der Waals surface area contributed by atoms with Crippen molar-refractivity contribution in [3.63, 3.8) is 0 Å². The van der Waals surface area contributed by atoms with E-state index in [9.17, 15) is 0 Å². The van der Waals surface area contributed by atoms with Gasteiger partial charge in [-0.2, -0.15) is 12.1 Å². The molecule has 0 saturated carbocycles. The fourth-order valence-electron chi connectivity index (χ4n) is 11.3. The molecule has 396 valence electrons. The summed E-state index contributed by atoms with van der Waals surface area (Å²) >= 11 is 0. The van der Waals surface area contributed by atoms with Crippen molar-refractivity contribution in [1.82, 2.24) is 9.55 Å². The molecule has 2 aromatic heterocycles. The fraction of sp³-hybridized carbons (Fsp3) is 0.167. The molecule has 1 aliphatic rings. The van der Waals surface area contributed by atoms with E-state index in [4.69, 9.17) is 9.72 Å². The van der Waals surface area contributed by atoms with Crippen LogP contribution in [0.4, 0.5) is 22.7 Å². The van der Waals surface area contributed by atoms with Crippen molar-refractivity contribution in [3.05, 3.63) is 260 Å². The predicted octanol–water partition coefficient (Wildman–Crippen LogP) is 15.9. The molecule has 1 aliphatic heterocycles. The van der Waals surface area contributed by atoms with E-state index in [1.54, 1.807) is 0 Å². The van der Waals surface area contributed by atoms with Crippen LogP contribution < -0.4 is 35.3 Å². The summed E-state index contributed by atoms with van der Waals surface area (Å²) in [6.07, 6.45) is 1.93. The molecule has 0 spiro atoms. The number of ether oxygens (including phenoxy) is 1. The number of para-hydroxylation sites is 2. The second kappa shape index (κ2) is 20.8. The van der Waals surface area contributed by atoms with Crippen LogP contribution in [0.3, 0.4) is 0 Å². The number of nitrogens with zero attached hydrogens (tertiary/aromatic N) is 4. The van der Waals surface area contributed by atoms with Crippen LogP contribution in [0.5, 0.6) is 11.5 Å². The zero-order valence-electron chi connectivity index (χ0n) is 46.5. The fourth-order valence-corrected chi connectivity index (χ4v) is 16.1. The van der Waals surface area contributed by atoms with E-state index < -0.39 is 8.07 Å². The molecular weight excluding hydrogens is 1160 g/mol. The molecule has 0 radical (unpaired) electrons. The number of hydrogen-bond acceptors (Lipinski definition) is 4. The molecule has 0 amide bonds. The number of anilines is 4. The first kappa shape index (κ1) is 53.2. The van der Waals surface area contributed by atoms with Gasteiger partial charge in [-0.1, -0.05) is 213 Å².